The lowest BCUT2D eigenvalue weighted by atomic mass is 9.94. The summed E-state index contributed by atoms with van der Waals surface area (Å²) in [6.45, 7) is 0. The predicted octanol–water partition coefficient (Wildman–Crippen LogP) is 15.5. The molecule has 0 bridgehead atoms. The van der Waals surface area contributed by atoms with Gasteiger partial charge in [0.15, 0.2) is 5.82 Å². The fraction of sp³-hybridized carbons (Fsp3) is 0. The van der Waals surface area contributed by atoms with Crippen LogP contribution in [0.25, 0.3) is 127 Å². The van der Waals surface area contributed by atoms with Crippen molar-refractivity contribution in [2.75, 3.05) is 0 Å². The van der Waals surface area contributed by atoms with Crippen LogP contribution in [0.1, 0.15) is 0 Å². The van der Waals surface area contributed by atoms with E-state index >= 15 is 0 Å². The van der Waals surface area contributed by atoms with Crippen molar-refractivity contribution >= 4 is 65.4 Å². The van der Waals surface area contributed by atoms with Crippen LogP contribution >= 0.6 is 0 Å². The van der Waals surface area contributed by atoms with Gasteiger partial charge in [0.25, 0.3) is 0 Å². The Kier molecular flexibility index (Phi) is 8.15. The molecule has 0 atom stereocenters. The molecule has 0 saturated heterocycles. The van der Waals surface area contributed by atoms with Gasteiger partial charge in [-0.25, -0.2) is 15.0 Å². The summed E-state index contributed by atoms with van der Waals surface area (Å²) in [6, 6.07) is 76.6. The third-order valence-electron chi connectivity index (χ3n) is 12.6. The molecule has 0 unspecified atom stereocenters. The summed E-state index contributed by atoms with van der Waals surface area (Å²) in [7, 11) is 0. The number of hydrogen-bond acceptors (Lipinski definition) is 4. The molecule has 5 nitrogen and oxygen atoms in total. The van der Waals surface area contributed by atoms with Gasteiger partial charge in [-0.15, -0.1) is 0 Å². The van der Waals surface area contributed by atoms with Crippen molar-refractivity contribution in [3.63, 3.8) is 0 Å². The number of rotatable bonds is 6. The van der Waals surface area contributed by atoms with Crippen LogP contribution in [0, 0.1) is 0 Å². The maximum Gasteiger partial charge on any atom is 0.160 e. The molecule has 0 saturated carbocycles. The summed E-state index contributed by atoms with van der Waals surface area (Å²) in [5, 5.41) is 7.99. The van der Waals surface area contributed by atoms with E-state index in [4.69, 9.17) is 19.4 Å². The van der Waals surface area contributed by atoms with Gasteiger partial charge in [0.2, 0.25) is 0 Å². The highest BCUT2D eigenvalue weighted by atomic mass is 16.3. The van der Waals surface area contributed by atoms with E-state index in [-0.39, 0.29) is 0 Å². The molecule has 9 aromatic carbocycles. The Bertz CT molecular complexity index is 3930. The number of para-hydroxylation sites is 5. The third kappa shape index (κ3) is 5.68. The maximum absolute atomic E-state index is 6.49. The molecular formula is C59H36N4O. The number of benzene rings is 9. The number of furan rings is 1. The highest BCUT2D eigenvalue weighted by Gasteiger charge is 2.22. The third-order valence-corrected chi connectivity index (χ3v) is 12.6. The van der Waals surface area contributed by atoms with Gasteiger partial charge in [-0.1, -0.05) is 182 Å². The van der Waals surface area contributed by atoms with Gasteiger partial charge in [-0.2, -0.15) is 0 Å². The van der Waals surface area contributed by atoms with E-state index in [1.165, 1.54) is 27.2 Å². The second-order valence-corrected chi connectivity index (χ2v) is 16.3. The summed E-state index contributed by atoms with van der Waals surface area (Å²) in [5.74, 6) is 0.656. The fourth-order valence-electron chi connectivity index (χ4n) is 9.68. The van der Waals surface area contributed by atoms with Crippen LogP contribution < -0.4 is 0 Å². The van der Waals surface area contributed by atoms with Crippen molar-refractivity contribution in [1.82, 2.24) is 19.5 Å². The molecule has 0 aliphatic rings. The zero-order valence-corrected chi connectivity index (χ0v) is 34.5. The summed E-state index contributed by atoms with van der Waals surface area (Å²) in [5.41, 5.74) is 14.7. The normalized spacial score (nSPS) is 11.8. The molecule has 4 heterocycles. The number of fused-ring (bicyclic) bond motifs is 10. The predicted molar refractivity (Wildman–Crippen MR) is 264 cm³/mol. The standard InChI is InChI=1S/C59H36N4O/c1-4-16-39(17-5-1)55-49-35-34-45-43-22-10-12-28-52(43)63(41-20-8-3-9-21-41)57(45)54(49)48-27-14-24-42(56(48)62-55)37-30-32-38(33-31-37)50-36-51(61-59(60-50)40-18-6-2-7-19-40)47-26-15-25-46-44-23-11-13-29-53(44)64-58(46)47/h1-36H. The number of hydrogen-bond donors (Lipinski definition) is 0. The Morgan fingerprint density at radius 2 is 0.984 bits per heavy atom. The highest BCUT2D eigenvalue weighted by Crippen LogP contribution is 2.44. The largest absolute Gasteiger partial charge is 0.455 e. The zero-order valence-electron chi connectivity index (χ0n) is 34.5. The second-order valence-electron chi connectivity index (χ2n) is 16.3. The van der Waals surface area contributed by atoms with Gasteiger partial charge in [-0.3, -0.25) is 0 Å². The Labute approximate surface area is 368 Å². The molecule has 298 valence electrons. The number of pyridine rings is 1. The minimum Gasteiger partial charge on any atom is -0.455 e. The number of aromatic nitrogens is 4. The van der Waals surface area contributed by atoms with Crippen LogP contribution in [0.5, 0.6) is 0 Å². The first-order valence-electron chi connectivity index (χ1n) is 21.6. The van der Waals surface area contributed by atoms with E-state index in [1.54, 1.807) is 0 Å². The first-order valence-corrected chi connectivity index (χ1v) is 21.6. The molecule has 0 N–H and O–H groups in total. The van der Waals surface area contributed by atoms with E-state index in [1.807, 2.05) is 36.4 Å². The average molecular weight is 817 g/mol. The molecule has 0 aliphatic carbocycles. The summed E-state index contributed by atoms with van der Waals surface area (Å²) in [4.78, 5) is 15.9. The van der Waals surface area contributed by atoms with Crippen LogP contribution in [0.2, 0.25) is 0 Å². The molecule has 13 aromatic rings. The van der Waals surface area contributed by atoms with Crippen molar-refractivity contribution in [2.24, 2.45) is 0 Å². The first kappa shape index (κ1) is 36.0. The van der Waals surface area contributed by atoms with E-state index in [2.05, 4.69) is 187 Å². The molecule has 5 heteroatoms. The van der Waals surface area contributed by atoms with Crippen LogP contribution in [0.4, 0.5) is 0 Å². The smallest absolute Gasteiger partial charge is 0.160 e. The van der Waals surface area contributed by atoms with Crippen LogP contribution in [-0.4, -0.2) is 19.5 Å². The Balaban J connectivity index is 1.02. The van der Waals surface area contributed by atoms with Crippen molar-refractivity contribution < 1.29 is 4.42 Å². The minimum atomic E-state index is 0.656. The monoisotopic (exact) mass is 816 g/mol. The Hall–Kier alpha value is -8.67. The summed E-state index contributed by atoms with van der Waals surface area (Å²) < 4.78 is 8.92. The quantitative estimate of drug-likeness (QED) is 0.157. The van der Waals surface area contributed by atoms with Crippen LogP contribution in [0.3, 0.4) is 0 Å². The van der Waals surface area contributed by atoms with E-state index in [9.17, 15) is 0 Å². The van der Waals surface area contributed by atoms with Gasteiger partial charge in [0, 0.05) is 71.2 Å². The fourth-order valence-corrected chi connectivity index (χ4v) is 9.68. The average Bonchev–Trinajstić information content (AvgIpc) is 3.93. The topological polar surface area (TPSA) is 56.7 Å². The second kappa shape index (κ2) is 14.5. The molecule has 0 aliphatic heterocycles. The van der Waals surface area contributed by atoms with Crippen molar-refractivity contribution in [3.8, 4) is 62.0 Å². The summed E-state index contributed by atoms with van der Waals surface area (Å²) >= 11 is 0. The zero-order chi connectivity index (χ0) is 42.1. The maximum atomic E-state index is 6.49. The molecule has 0 radical (unpaired) electrons. The minimum absolute atomic E-state index is 0.656. The Morgan fingerprint density at radius 1 is 0.375 bits per heavy atom. The molecule has 0 fully saturated rings. The molecule has 0 spiro atoms. The van der Waals surface area contributed by atoms with Gasteiger partial charge < -0.3 is 8.98 Å². The van der Waals surface area contributed by atoms with Crippen LogP contribution in [-0.2, 0) is 0 Å². The Morgan fingerprint density at radius 3 is 1.78 bits per heavy atom. The van der Waals surface area contributed by atoms with Gasteiger partial charge in [0.05, 0.1) is 33.6 Å². The van der Waals surface area contributed by atoms with Crippen molar-refractivity contribution in [2.45, 2.75) is 0 Å². The first-order chi connectivity index (χ1) is 31.7. The number of nitrogens with zero attached hydrogens (tertiary/aromatic N) is 4. The van der Waals surface area contributed by atoms with Gasteiger partial charge in [0.1, 0.15) is 11.2 Å². The van der Waals surface area contributed by atoms with Crippen molar-refractivity contribution in [3.05, 3.63) is 218 Å². The van der Waals surface area contributed by atoms with E-state index in [0.29, 0.717) is 5.82 Å². The molecule has 0 amide bonds. The molecular weight excluding hydrogens is 781 g/mol. The van der Waals surface area contributed by atoms with E-state index < -0.39 is 0 Å². The SMILES string of the molecule is c1ccc(-c2nc(-c3ccc(-c4cccc5c4nc(-c4ccccc4)c4ccc6c7ccccc7n(-c7ccccc7)c6c45)cc3)cc(-c3cccc4c3oc3ccccc34)n2)cc1. The lowest BCUT2D eigenvalue weighted by Crippen LogP contribution is -1.97. The van der Waals surface area contributed by atoms with Crippen molar-refractivity contribution in [1.29, 1.82) is 0 Å². The van der Waals surface area contributed by atoms with E-state index in [0.717, 1.165) is 94.4 Å². The summed E-state index contributed by atoms with van der Waals surface area (Å²) in [6.07, 6.45) is 0. The molecule has 13 rings (SSSR count). The van der Waals surface area contributed by atoms with Gasteiger partial charge >= 0.3 is 0 Å². The molecule has 64 heavy (non-hydrogen) atoms. The lowest BCUT2D eigenvalue weighted by Gasteiger charge is -2.16. The lowest BCUT2D eigenvalue weighted by molar-refractivity contribution is 0.670. The van der Waals surface area contributed by atoms with Crippen LogP contribution in [0.15, 0.2) is 223 Å². The van der Waals surface area contributed by atoms with Gasteiger partial charge in [-0.05, 0) is 42.0 Å². The molecule has 4 aromatic heterocycles. The highest BCUT2D eigenvalue weighted by molar-refractivity contribution is 6.28.